The van der Waals surface area contributed by atoms with E-state index < -0.39 is 24.6 Å². The number of carbonyl (C=O) groups excluding carboxylic acids is 1. The Labute approximate surface area is 149 Å². The molecule has 26 heavy (non-hydrogen) atoms. The number of ether oxygens (including phenoxy) is 1. The van der Waals surface area contributed by atoms with Gasteiger partial charge in [-0.1, -0.05) is 30.7 Å². The molecule has 0 bridgehead atoms. The molecule has 0 aliphatic carbocycles. The van der Waals surface area contributed by atoms with Crippen LogP contribution in [0.5, 0.6) is 0 Å². The summed E-state index contributed by atoms with van der Waals surface area (Å²) in [7, 11) is 1.34. The number of rotatable bonds is 10. The largest absolute Gasteiger partial charge is 0.469 e. The van der Waals surface area contributed by atoms with E-state index in [2.05, 4.69) is 4.74 Å². The molecule has 0 amide bonds. The van der Waals surface area contributed by atoms with Crippen LogP contribution in [-0.4, -0.2) is 25.2 Å². The Morgan fingerprint density at radius 3 is 2.23 bits per heavy atom. The zero-order valence-electron chi connectivity index (χ0n) is 14.6. The van der Waals surface area contributed by atoms with Crippen molar-refractivity contribution in [1.82, 2.24) is 0 Å². The van der Waals surface area contributed by atoms with Gasteiger partial charge in [-0.15, -0.1) is 0 Å². The molecule has 0 spiro atoms. The van der Waals surface area contributed by atoms with Gasteiger partial charge in [-0.05, 0) is 36.8 Å². The summed E-state index contributed by atoms with van der Waals surface area (Å²) in [4.78, 5) is 11.0. The maximum Gasteiger partial charge on any atom is 0.453 e. The third-order valence-electron chi connectivity index (χ3n) is 4.15. The zero-order valence-corrected chi connectivity index (χ0v) is 14.6. The van der Waals surface area contributed by atoms with E-state index in [0.717, 1.165) is 11.1 Å². The number of hydrogen-bond acceptors (Lipinski definition) is 3. The van der Waals surface area contributed by atoms with E-state index in [-0.39, 0.29) is 18.8 Å². The predicted octanol–water partition coefficient (Wildman–Crippen LogP) is 4.94. The molecular weight excluding hydrogens is 357 g/mol. The minimum absolute atomic E-state index is 0.188. The Morgan fingerprint density at radius 1 is 1.08 bits per heavy atom. The maximum absolute atomic E-state index is 12.8. The monoisotopic (exact) mass is 381 g/mol. The molecule has 0 aliphatic heterocycles. The molecule has 0 radical (unpaired) electrons. The van der Waals surface area contributed by atoms with Gasteiger partial charge in [-0.25, -0.2) is 0 Å². The van der Waals surface area contributed by atoms with Crippen molar-refractivity contribution in [2.45, 2.75) is 63.1 Å². The maximum atomic E-state index is 12.8. The summed E-state index contributed by atoms with van der Waals surface area (Å²) in [6, 6.07) is 6.93. The van der Waals surface area contributed by atoms with Gasteiger partial charge in [0.25, 0.3) is 0 Å². The summed E-state index contributed by atoms with van der Waals surface area (Å²) in [6.45, 7) is 0. The van der Waals surface area contributed by atoms with Crippen LogP contribution in [0.15, 0.2) is 24.3 Å². The first-order valence-corrected chi connectivity index (χ1v) is 8.42. The molecule has 1 rings (SSSR count). The zero-order chi connectivity index (χ0) is 19.8. The van der Waals surface area contributed by atoms with Gasteiger partial charge in [0.2, 0.25) is 0 Å². The first-order valence-electron chi connectivity index (χ1n) is 8.42. The SMILES string of the molecule is COC(=O)CCCc1ccc(C(N)CCCCC(F)(F)C(F)(F)F)cc1. The summed E-state index contributed by atoms with van der Waals surface area (Å²) >= 11 is 0. The highest BCUT2D eigenvalue weighted by Crippen LogP contribution is 2.39. The van der Waals surface area contributed by atoms with Crippen LogP contribution in [0, 0.1) is 0 Å². The summed E-state index contributed by atoms with van der Waals surface area (Å²) in [5, 5.41) is 0. The lowest BCUT2D eigenvalue weighted by atomic mass is 9.98. The molecule has 0 aliphatic rings. The van der Waals surface area contributed by atoms with Crippen molar-refractivity contribution in [2.24, 2.45) is 5.73 Å². The second-order valence-corrected chi connectivity index (χ2v) is 6.23. The van der Waals surface area contributed by atoms with Crippen LogP contribution in [0.3, 0.4) is 0 Å². The molecule has 1 aromatic rings. The highest BCUT2D eigenvalue weighted by atomic mass is 19.4. The summed E-state index contributed by atoms with van der Waals surface area (Å²) in [5.41, 5.74) is 7.79. The first-order chi connectivity index (χ1) is 12.1. The Bertz CT molecular complexity index is 558. The molecule has 148 valence electrons. The van der Waals surface area contributed by atoms with Crippen LogP contribution in [0.4, 0.5) is 22.0 Å². The minimum Gasteiger partial charge on any atom is -0.469 e. The number of benzene rings is 1. The van der Waals surface area contributed by atoms with Gasteiger partial charge in [0, 0.05) is 18.9 Å². The molecule has 0 aromatic heterocycles. The van der Waals surface area contributed by atoms with Crippen molar-refractivity contribution in [3.63, 3.8) is 0 Å². The van der Waals surface area contributed by atoms with E-state index >= 15 is 0 Å². The van der Waals surface area contributed by atoms with Crippen molar-refractivity contribution < 1.29 is 31.5 Å². The van der Waals surface area contributed by atoms with E-state index in [0.29, 0.717) is 25.7 Å². The van der Waals surface area contributed by atoms with E-state index in [1.54, 1.807) is 0 Å². The second kappa shape index (κ2) is 9.85. The van der Waals surface area contributed by atoms with E-state index in [9.17, 15) is 26.7 Å². The third kappa shape index (κ3) is 7.27. The quantitative estimate of drug-likeness (QED) is 0.355. The van der Waals surface area contributed by atoms with Crippen LogP contribution in [0.2, 0.25) is 0 Å². The molecule has 0 heterocycles. The number of aryl methyl sites for hydroxylation is 1. The smallest absolute Gasteiger partial charge is 0.453 e. The fraction of sp³-hybridized carbons (Fsp3) is 0.611. The van der Waals surface area contributed by atoms with Crippen molar-refractivity contribution in [2.75, 3.05) is 7.11 Å². The first kappa shape index (κ1) is 22.3. The molecule has 0 saturated carbocycles. The number of halogens is 5. The van der Waals surface area contributed by atoms with E-state index in [1.807, 2.05) is 24.3 Å². The molecule has 1 aromatic carbocycles. The number of esters is 1. The van der Waals surface area contributed by atoms with Gasteiger partial charge in [-0.2, -0.15) is 22.0 Å². The third-order valence-corrected chi connectivity index (χ3v) is 4.15. The lowest BCUT2D eigenvalue weighted by molar-refractivity contribution is -0.284. The number of alkyl halides is 5. The van der Waals surface area contributed by atoms with Gasteiger partial charge >= 0.3 is 18.1 Å². The standard InChI is InChI=1S/C18H24F5NO2/c1-26-16(25)7-4-5-13-8-10-14(11-9-13)15(24)6-2-3-12-17(19,20)18(21,22)23/h8-11,15H,2-7,12,24H2,1H3. The summed E-state index contributed by atoms with van der Waals surface area (Å²) in [5.74, 6) is -4.91. The summed E-state index contributed by atoms with van der Waals surface area (Å²) in [6.07, 6.45) is -4.75. The van der Waals surface area contributed by atoms with Crippen LogP contribution in [0.1, 0.15) is 55.7 Å². The Morgan fingerprint density at radius 2 is 1.69 bits per heavy atom. The van der Waals surface area contributed by atoms with Crippen LogP contribution in [0.25, 0.3) is 0 Å². The Balaban J connectivity index is 2.37. The molecule has 2 N–H and O–H groups in total. The van der Waals surface area contributed by atoms with Crippen molar-refractivity contribution >= 4 is 5.97 Å². The van der Waals surface area contributed by atoms with Crippen molar-refractivity contribution in [3.8, 4) is 0 Å². The van der Waals surface area contributed by atoms with E-state index in [1.165, 1.54) is 7.11 Å². The highest BCUT2D eigenvalue weighted by molar-refractivity contribution is 5.69. The topological polar surface area (TPSA) is 52.3 Å². The number of hydrogen-bond donors (Lipinski definition) is 1. The molecule has 3 nitrogen and oxygen atoms in total. The highest BCUT2D eigenvalue weighted by Gasteiger charge is 2.56. The van der Waals surface area contributed by atoms with Crippen molar-refractivity contribution in [1.29, 1.82) is 0 Å². The number of methoxy groups -OCH3 is 1. The molecule has 0 saturated heterocycles. The van der Waals surface area contributed by atoms with Crippen LogP contribution < -0.4 is 5.73 Å². The fourth-order valence-electron chi connectivity index (χ4n) is 2.49. The molecule has 0 fully saturated rings. The minimum atomic E-state index is -5.50. The lowest BCUT2D eigenvalue weighted by Gasteiger charge is -2.19. The molecule has 8 heteroatoms. The van der Waals surface area contributed by atoms with Crippen LogP contribution >= 0.6 is 0 Å². The van der Waals surface area contributed by atoms with Crippen molar-refractivity contribution in [3.05, 3.63) is 35.4 Å². The summed E-state index contributed by atoms with van der Waals surface area (Å²) < 4.78 is 66.4. The average Bonchev–Trinajstić information content (AvgIpc) is 2.58. The van der Waals surface area contributed by atoms with Gasteiger partial charge in [0.1, 0.15) is 0 Å². The average molecular weight is 381 g/mol. The molecule has 1 atom stereocenters. The number of unbranched alkanes of at least 4 members (excludes halogenated alkanes) is 1. The molecular formula is C18H24F5NO2. The normalized spacial score (nSPS) is 13.5. The lowest BCUT2D eigenvalue weighted by Crippen LogP contribution is -2.36. The number of nitrogens with two attached hydrogens (primary N) is 1. The van der Waals surface area contributed by atoms with E-state index in [4.69, 9.17) is 5.73 Å². The predicted molar refractivity (Wildman–Crippen MR) is 87.8 cm³/mol. The van der Waals surface area contributed by atoms with Crippen LogP contribution in [-0.2, 0) is 16.0 Å². The van der Waals surface area contributed by atoms with Gasteiger partial charge in [0.05, 0.1) is 7.11 Å². The fourth-order valence-corrected chi connectivity index (χ4v) is 2.49. The van der Waals surface area contributed by atoms with Gasteiger partial charge < -0.3 is 10.5 Å². The second-order valence-electron chi connectivity index (χ2n) is 6.23. The van der Waals surface area contributed by atoms with Gasteiger partial charge in [-0.3, -0.25) is 4.79 Å². The Hall–Kier alpha value is -1.70. The Kier molecular flexibility index (Phi) is 8.46. The van der Waals surface area contributed by atoms with Gasteiger partial charge in [0.15, 0.2) is 0 Å². The molecule has 1 unspecified atom stereocenters. The number of carbonyl (C=O) groups is 1.